The lowest BCUT2D eigenvalue weighted by Crippen LogP contribution is -2.43. The van der Waals surface area contributed by atoms with Crippen LogP contribution in [0, 0.1) is 33.8 Å². The summed E-state index contributed by atoms with van der Waals surface area (Å²) < 4.78 is 0. The molecule has 9 nitrogen and oxygen atoms in total. The molecule has 2 bridgehead atoms. The predicted molar refractivity (Wildman–Crippen MR) is 110 cm³/mol. The highest BCUT2D eigenvalue weighted by atomic mass is 16.6. The summed E-state index contributed by atoms with van der Waals surface area (Å²) in [5.74, 6) is 0.572. The molecular weight excluding hydrogens is 386 g/mol. The van der Waals surface area contributed by atoms with Crippen molar-refractivity contribution in [2.45, 2.75) is 19.9 Å². The number of guanidine groups is 1. The van der Waals surface area contributed by atoms with E-state index in [9.17, 15) is 19.7 Å². The number of benzene rings is 1. The van der Waals surface area contributed by atoms with Gasteiger partial charge in [0.25, 0.3) is 5.69 Å². The molecule has 4 rings (SSSR count). The molecule has 0 aromatic heterocycles. The molecule has 0 spiro atoms. The first-order chi connectivity index (χ1) is 14.5. The Hall–Kier alpha value is -3.23. The van der Waals surface area contributed by atoms with Crippen LogP contribution in [0.25, 0.3) is 0 Å². The van der Waals surface area contributed by atoms with Gasteiger partial charge in [0.15, 0.2) is 5.96 Å². The van der Waals surface area contributed by atoms with Crippen LogP contribution >= 0.6 is 0 Å². The first kappa shape index (κ1) is 20.1. The molecule has 4 atom stereocenters. The van der Waals surface area contributed by atoms with E-state index in [1.54, 1.807) is 12.1 Å². The molecular formula is C21H25N5O4. The zero-order chi connectivity index (χ0) is 21.3. The van der Waals surface area contributed by atoms with Crippen molar-refractivity contribution < 1.29 is 14.5 Å². The van der Waals surface area contributed by atoms with Crippen LogP contribution in [-0.2, 0) is 16.1 Å². The fourth-order valence-corrected chi connectivity index (χ4v) is 4.71. The second-order valence-corrected chi connectivity index (χ2v) is 7.87. The molecule has 1 aromatic carbocycles. The molecule has 158 valence electrons. The van der Waals surface area contributed by atoms with E-state index < -0.39 is 4.92 Å². The zero-order valence-corrected chi connectivity index (χ0v) is 16.8. The minimum atomic E-state index is -0.435. The van der Waals surface area contributed by atoms with Crippen molar-refractivity contribution in [2.24, 2.45) is 28.7 Å². The number of hydrogen-bond acceptors (Lipinski definition) is 5. The highest BCUT2D eigenvalue weighted by molar-refractivity contribution is 6.06. The monoisotopic (exact) mass is 411 g/mol. The van der Waals surface area contributed by atoms with Crippen LogP contribution in [0.4, 0.5) is 5.69 Å². The third-order valence-electron chi connectivity index (χ3n) is 6.10. The van der Waals surface area contributed by atoms with E-state index in [2.05, 4.69) is 27.8 Å². The summed E-state index contributed by atoms with van der Waals surface area (Å²) in [5.41, 5.74) is 0.889. The molecule has 1 saturated heterocycles. The molecule has 0 radical (unpaired) electrons. The van der Waals surface area contributed by atoms with Crippen LogP contribution < -0.4 is 10.6 Å². The van der Waals surface area contributed by atoms with Gasteiger partial charge in [-0.1, -0.05) is 24.3 Å². The fourth-order valence-electron chi connectivity index (χ4n) is 4.71. The Morgan fingerprint density at radius 3 is 2.33 bits per heavy atom. The van der Waals surface area contributed by atoms with Gasteiger partial charge in [0.1, 0.15) is 0 Å². The number of imide groups is 1. The minimum Gasteiger partial charge on any atom is -0.357 e. The summed E-state index contributed by atoms with van der Waals surface area (Å²) in [5, 5.41) is 17.0. The summed E-state index contributed by atoms with van der Waals surface area (Å²) >= 11 is 0. The standard InChI is InChI=1S/C21H25N5O4/c1-2-22-21(24-12-13-3-7-16(8-4-13)26(29)30)23-9-10-25-19(27)17-14-5-6-15(11-14)18(17)20(25)28/h3-8,14-15,17-18H,2,9-12H2,1H3,(H2,22,23,24). The van der Waals surface area contributed by atoms with Gasteiger partial charge in [0.05, 0.1) is 23.3 Å². The van der Waals surface area contributed by atoms with Gasteiger partial charge in [-0.15, -0.1) is 0 Å². The Kier molecular flexibility index (Phi) is 5.52. The van der Waals surface area contributed by atoms with Crippen molar-refractivity contribution in [3.8, 4) is 0 Å². The number of amides is 2. The SMILES string of the molecule is CCNC(=NCc1ccc([N+](=O)[O-])cc1)NCCN1C(=O)C2C3C=CC(C3)C2C1=O. The molecule has 1 aliphatic heterocycles. The maximum absolute atomic E-state index is 12.7. The molecule has 30 heavy (non-hydrogen) atoms. The van der Waals surface area contributed by atoms with Crippen molar-refractivity contribution in [3.63, 3.8) is 0 Å². The van der Waals surface area contributed by atoms with Crippen molar-refractivity contribution in [2.75, 3.05) is 19.6 Å². The topological polar surface area (TPSA) is 117 Å². The molecule has 3 aliphatic rings. The van der Waals surface area contributed by atoms with E-state index >= 15 is 0 Å². The Morgan fingerprint density at radius 2 is 1.77 bits per heavy atom. The van der Waals surface area contributed by atoms with Crippen molar-refractivity contribution in [3.05, 3.63) is 52.1 Å². The number of nitrogens with zero attached hydrogens (tertiary/aromatic N) is 3. The zero-order valence-electron chi connectivity index (χ0n) is 16.8. The minimum absolute atomic E-state index is 0.0427. The number of fused-ring (bicyclic) bond motifs is 5. The van der Waals surface area contributed by atoms with Gasteiger partial charge in [-0.05, 0) is 30.7 Å². The number of carbonyl (C=O) groups excluding carboxylic acids is 2. The van der Waals surface area contributed by atoms with E-state index in [1.807, 2.05) is 6.92 Å². The Labute approximate surface area is 174 Å². The largest absolute Gasteiger partial charge is 0.357 e. The van der Waals surface area contributed by atoms with Crippen molar-refractivity contribution in [1.82, 2.24) is 15.5 Å². The van der Waals surface area contributed by atoms with Gasteiger partial charge in [-0.2, -0.15) is 0 Å². The Bertz CT molecular complexity index is 880. The molecule has 4 unspecified atom stereocenters. The van der Waals surface area contributed by atoms with E-state index in [0.29, 0.717) is 32.1 Å². The van der Waals surface area contributed by atoms with Crippen LogP contribution in [-0.4, -0.2) is 47.2 Å². The van der Waals surface area contributed by atoms with E-state index in [1.165, 1.54) is 17.0 Å². The third kappa shape index (κ3) is 3.67. The summed E-state index contributed by atoms with van der Waals surface area (Å²) in [6.45, 7) is 3.68. The van der Waals surface area contributed by atoms with Crippen LogP contribution in [0.15, 0.2) is 41.4 Å². The van der Waals surface area contributed by atoms with Gasteiger partial charge in [-0.25, -0.2) is 4.99 Å². The first-order valence-corrected chi connectivity index (χ1v) is 10.3. The fraction of sp³-hybridized carbons (Fsp3) is 0.476. The van der Waals surface area contributed by atoms with E-state index in [-0.39, 0.29) is 41.2 Å². The average molecular weight is 411 g/mol. The van der Waals surface area contributed by atoms with Gasteiger partial charge in [0, 0.05) is 31.8 Å². The highest BCUT2D eigenvalue weighted by Crippen LogP contribution is 2.52. The van der Waals surface area contributed by atoms with E-state index in [0.717, 1.165) is 12.0 Å². The number of likely N-dealkylation sites (tertiary alicyclic amines) is 1. The Morgan fingerprint density at radius 1 is 1.13 bits per heavy atom. The number of nitro benzene ring substituents is 1. The van der Waals surface area contributed by atoms with Gasteiger partial charge in [-0.3, -0.25) is 24.6 Å². The van der Waals surface area contributed by atoms with Gasteiger partial charge >= 0.3 is 0 Å². The van der Waals surface area contributed by atoms with Crippen LogP contribution in [0.3, 0.4) is 0 Å². The maximum Gasteiger partial charge on any atom is 0.269 e. The normalized spacial score (nSPS) is 27.0. The predicted octanol–water partition coefficient (Wildman–Crippen LogP) is 1.46. The van der Waals surface area contributed by atoms with Crippen LogP contribution in [0.1, 0.15) is 18.9 Å². The average Bonchev–Trinajstić information content (AvgIpc) is 3.42. The number of allylic oxidation sites excluding steroid dienone is 2. The number of rotatable bonds is 7. The molecule has 2 N–H and O–H groups in total. The third-order valence-corrected chi connectivity index (χ3v) is 6.10. The lowest BCUT2D eigenvalue weighted by molar-refractivity contribution is -0.384. The van der Waals surface area contributed by atoms with Crippen molar-refractivity contribution >= 4 is 23.5 Å². The second-order valence-electron chi connectivity index (χ2n) is 7.87. The van der Waals surface area contributed by atoms with Crippen molar-refractivity contribution in [1.29, 1.82) is 0 Å². The Balaban J connectivity index is 1.32. The number of hydrogen-bond donors (Lipinski definition) is 2. The summed E-state index contributed by atoms with van der Waals surface area (Å²) in [7, 11) is 0. The maximum atomic E-state index is 12.7. The number of aliphatic imine (C=N–C) groups is 1. The molecule has 1 aromatic rings. The smallest absolute Gasteiger partial charge is 0.269 e. The summed E-state index contributed by atoms with van der Waals surface area (Å²) in [4.78, 5) is 41.6. The number of nitro groups is 1. The summed E-state index contributed by atoms with van der Waals surface area (Å²) in [6, 6.07) is 6.25. The number of non-ortho nitro benzene ring substituents is 1. The molecule has 1 heterocycles. The van der Waals surface area contributed by atoms with E-state index in [4.69, 9.17) is 0 Å². The second kappa shape index (κ2) is 8.25. The lowest BCUT2D eigenvalue weighted by atomic mass is 9.85. The summed E-state index contributed by atoms with van der Waals surface area (Å²) in [6.07, 6.45) is 5.11. The molecule has 2 fully saturated rings. The molecule has 2 aliphatic carbocycles. The molecule has 9 heteroatoms. The van der Waals surface area contributed by atoms with Crippen LogP contribution in [0.2, 0.25) is 0 Å². The van der Waals surface area contributed by atoms with Gasteiger partial charge in [0.2, 0.25) is 11.8 Å². The molecule has 2 amide bonds. The van der Waals surface area contributed by atoms with Crippen LogP contribution in [0.5, 0.6) is 0 Å². The number of nitrogens with one attached hydrogen (secondary N) is 2. The first-order valence-electron chi connectivity index (χ1n) is 10.3. The lowest BCUT2D eigenvalue weighted by Gasteiger charge is -2.18. The highest BCUT2D eigenvalue weighted by Gasteiger charge is 2.58. The number of carbonyl (C=O) groups is 2. The van der Waals surface area contributed by atoms with Gasteiger partial charge < -0.3 is 10.6 Å². The quantitative estimate of drug-likeness (QED) is 0.175. The molecule has 1 saturated carbocycles.